The third-order valence-corrected chi connectivity index (χ3v) is 5.04. The average molecular weight is 461 g/mol. The molecule has 1 aromatic carbocycles. The quantitative estimate of drug-likeness (QED) is 0.570. The number of aromatic nitrogens is 3. The summed E-state index contributed by atoms with van der Waals surface area (Å²) in [4.78, 5) is 24.3. The number of piperazine rings is 1. The van der Waals surface area contributed by atoms with E-state index in [9.17, 15) is 18.0 Å². The number of amides is 1. The second-order valence-corrected chi connectivity index (χ2v) is 7.80. The van der Waals surface area contributed by atoms with Gasteiger partial charge in [-0.15, -0.1) is 0 Å². The number of nitrogens with zero attached hydrogens (tertiary/aromatic N) is 5. The van der Waals surface area contributed by atoms with E-state index in [1.165, 1.54) is 6.20 Å². The molecular formula is C22H22F3N5O3. The SMILES string of the molecule is CC(C)Oc1ccc(C(=O)N2CCN(c3ccc(-c4noc(C(F)(F)F)n4)cn3)CC2)cc1. The molecule has 2 aromatic heterocycles. The van der Waals surface area contributed by atoms with Gasteiger partial charge in [0.05, 0.1) is 6.10 Å². The van der Waals surface area contributed by atoms with E-state index >= 15 is 0 Å². The standard InChI is InChI=1S/C22H22F3N5O3/c1-14(2)32-17-6-3-15(4-7-17)20(31)30-11-9-29(10-12-30)18-8-5-16(13-26-18)19-27-21(33-28-19)22(23,24)25/h3-8,13-14H,9-12H2,1-2H3. The van der Waals surface area contributed by atoms with E-state index in [0.717, 1.165) is 5.75 Å². The molecule has 0 radical (unpaired) electrons. The molecular weight excluding hydrogens is 439 g/mol. The molecule has 0 spiro atoms. The monoisotopic (exact) mass is 461 g/mol. The van der Waals surface area contributed by atoms with Crippen molar-refractivity contribution >= 4 is 11.7 Å². The van der Waals surface area contributed by atoms with Crippen molar-refractivity contribution in [1.82, 2.24) is 20.0 Å². The van der Waals surface area contributed by atoms with Crippen LogP contribution in [0, 0.1) is 0 Å². The van der Waals surface area contributed by atoms with Gasteiger partial charge in [0.2, 0.25) is 5.82 Å². The molecule has 8 nitrogen and oxygen atoms in total. The summed E-state index contributed by atoms with van der Waals surface area (Å²) in [6, 6.07) is 10.4. The lowest BCUT2D eigenvalue weighted by Crippen LogP contribution is -2.49. The van der Waals surface area contributed by atoms with Gasteiger partial charge in [-0.25, -0.2) is 4.98 Å². The largest absolute Gasteiger partial charge is 0.491 e. The fraction of sp³-hybridized carbons (Fsp3) is 0.364. The fourth-order valence-corrected chi connectivity index (χ4v) is 3.43. The summed E-state index contributed by atoms with van der Waals surface area (Å²) >= 11 is 0. The van der Waals surface area contributed by atoms with Crippen LogP contribution >= 0.6 is 0 Å². The van der Waals surface area contributed by atoms with Crippen LogP contribution in [0.2, 0.25) is 0 Å². The van der Waals surface area contributed by atoms with Crippen LogP contribution in [0.5, 0.6) is 5.75 Å². The molecule has 1 aliphatic rings. The molecule has 1 aliphatic heterocycles. The minimum atomic E-state index is -4.69. The molecule has 4 rings (SSSR count). The average Bonchev–Trinajstić information content (AvgIpc) is 3.30. The Bertz CT molecular complexity index is 1090. The normalized spacial score (nSPS) is 14.6. The number of hydrogen-bond donors (Lipinski definition) is 0. The summed E-state index contributed by atoms with van der Waals surface area (Å²) in [7, 11) is 0. The maximum absolute atomic E-state index is 12.8. The number of benzene rings is 1. The topological polar surface area (TPSA) is 84.6 Å². The lowest BCUT2D eigenvalue weighted by atomic mass is 10.1. The smallest absolute Gasteiger partial charge is 0.471 e. The molecule has 1 fully saturated rings. The molecule has 3 heterocycles. The van der Waals surface area contributed by atoms with Crippen LogP contribution in [0.25, 0.3) is 11.4 Å². The maximum atomic E-state index is 12.8. The summed E-state index contributed by atoms with van der Waals surface area (Å²) in [6.07, 6.45) is -3.23. The molecule has 11 heteroatoms. The zero-order valence-electron chi connectivity index (χ0n) is 18.0. The Balaban J connectivity index is 1.35. The summed E-state index contributed by atoms with van der Waals surface area (Å²) < 4.78 is 47.8. The molecule has 0 saturated carbocycles. The van der Waals surface area contributed by atoms with Gasteiger partial charge in [-0.1, -0.05) is 5.16 Å². The maximum Gasteiger partial charge on any atom is 0.471 e. The van der Waals surface area contributed by atoms with Crippen molar-refractivity contribution in [3.63, 3.8) is 0 Å². The highest BCUT2D eigenvalue weighted by Gasteiger charge is 2.38. The zero-order valence-corrected chi connectivity index (χ0v) is 18.0. The molecule has 0 N–H and O–H groups in total. The molecule has 0 aliphatic carbocycles. The molecule has 1 amide bonds. The lowest BCUT2D eigenvalue weighted by Gasteiger charge is -2.35. The van der Waals surface area contributed by atoms with Crippen molar-refractivity contribution in [2.75, 3.05) is 31.1 Å². The predicted molar refractivity (Wildman–Crippen MR) is 113 cm³/mol. The van der Waals surface area contributed by atoms with Crippen molar-refractivity contribution in [3.05, 3.63) is 54.0 Å². The first-order valence-corrected chi connectivity index (χ1v) is 10.4. The Hall–Kier alpha value is -3.63. The highest BCUT2D eigenvalue weighted by atomic mass is 19.4. The van der Waals surface area contributed by atoms with Crippen molar-refractivity contribution in [3.8, 4) is 17.1 Å². The van der Waals surface area contributed by atoms with Crippen molar-refractivity contribution in [2.45, 2.75) is 26.1 Å². The summed E-state index contributed by atoms with van der Waals surface area (Å²) in [6.45, 7) is 6.07. The van der Waals surface area contributed by atoms with Gasteiger partial charge in [-0.05, 0) is 50.2 Å². The van der Waals surface area contributed by atoms with Gasteiger partial charge in [-0.3, -0.25) is 4.79 Å². The minimum absolute atomic E-state index is 0.0494. The van der Waals surface area contributed by atoms with E-state index in [-0.39, 0.29) is 17.8 Å². The number of ether oxygens (including phenoxy) is 1. The van der Waals surface area contributed by atoms with Crippen LogP contribution in [0.1, 0.15) is 30.1 Å². The van der Waals surface area contributed by atoms with Crippen LogP contribution < -0.4 is 9.64 Å². The van der Waals surface area contributed by atoms with E-state index in [2.05, 4.69) is 19.6 Å². The summed E-state index contributed by atoms with van der Waals surface area (Å²) in [5.74, 6) is -0.255. The number of rotatable bonds is 5. The van der Waals surface area contributed by atoms with Crippen molar-refractivity contribution in [2.24, 2.45) is 0 Å². The Morgan fingerprint density at radius 2 is 1.76 bits per heavy atom. The Kier molecular flexibility index (Phi) is 6.21. The van der Waals surface area contributed by atoms with E-state index < -0.39 is 12.1 Å². The molecule has 3 aromatic rings. The summed E-state index contributed by atoms with van der Waals surface area (Å²) in [5.41, 5.74) is 0.914. The van der Waals surface area contributed by atoms with Gasteiger partial charge in [0.15, 0.2) is 0 Å². The number of hydrogen-bond acceptors (Lipinski definition) is 7. The van der Waals surface area contributed by atoms with Gasteiger partial charge in [-0.2, -0.15) is 18.2 Å². The van der Waals surface area contributed by atoms with Crippen LogP contribution in [0.3, 0.4) is 0 Å². The first-order valence-electron chi connectivity index (χ1n) is 10.4. The number of carbonyl (C=O) groups is 1. The van der Waals surface area contributed by atoms with Gasteiger partial charge < -0.3 is 19.1 Å². The first-order chi connectivity index (χ1) is 15.7. The number of halogens is 3. The van der Waals surface area contributed by atoms with Crippen LogP contribution in [0.15, 0.2) is 47.1 Å². The second kappa shape index (κ2) is 9.08. The van der Waals surface area contributed by atoms with Gasteiger partial charge in [0.1, 0.15) is 11.6 Å². The Morgan fingerprint density at radius 3 is 2.30 bits per heavy atom. The molecule has 0 unspecified atom stereocenters. The van der Waals surface area contributed by atoms with Crippen LogP contribution in [-0.2, 0) is 6.18 Å². The van der Waals surface area contributed by atoms with Gasteiger partial charge >= 0.3 is 12.1 Å². The summed E-state index contributed by atoms with van der Waals surface area (Å²) in [5, 5.41) is 3.36. The third kappa shape index (κ3) is 5.24. The number of anilines is 1. The Morgan fingerprint density at radius 1 is 1.06 bits per heavy atom. The number of pyridine rings is 1. The molecule has 0 bridgehead atoms. The highest BCUT2D eigenvalue weighted by Crippen LogP contribution is 2.29. The van der Waals surface area contributed by atoms with E-state index in [1.54, 1.807) is 41.3 Å². The van der Waals surface area contributed by atoms with E-state index in [1.807, 2.05) is 18.7 Å². The Labute approximate surface area is 188 Å². The zero-order chi connectivity index (χ0) is 23.6. The minimum Gasteiger partial charge on any atom is -0.491 e. The molecule has 0 atom stereocenters. The molecule has 1 saturated heterocycles. The lowest BCUT2D eigenvalue weighted by molar-refractivity contribution is -0.159. The second-order valence-electron chi connectivity index (χ2n) is 7.80. The first kappa shape index (κ1) is 22.6. The number of alkyl halides is 3. The fourth-order valence-electron chi connectivity index (χ4n) is 3.43. The molecule has 174 valence electrons. The van der Waals surface area contributed by atoms with E-state index in [0.29, 0.717) is 43.1 Å². The predicted octanol–water partition coefficient (Wildman–Crippen LogP) is 3.90. The van der Waals surface area contributed by atoms with Crippen LogP contribution in [0.4, 0.5) is 19.0 Å². The number of carbonyl (C=O) groups excluding carboxylic acids is 1. The van der Waals surface area contributed by atoms with Crippen molar-refractivity contribution < 1.29 is 27.2 Å². The van der Waals surface area contributed by atoms with Gasteiger partial charge in [0, 0.05) is 43.5 Å². The van der Waals surface area contributed by atoms with Crippen LogP contribution in [-0.4, -0.2) is 58.2 Å². The van der Waals surface area contributed by atoms with Crippen molar-refractivity contribution in [1.29, 1.82) is 0 Å². The van der Waals surface area contributed by atoms with Gasteiger partial charge in [0.25, 0.3) is 5.91 Å². The third-order valence-electron chi connectivity index (χ3n) is 5.04. The highest BCUT2D eigenvalue weighted by molar-refractivity contribution is 5.94. The molecule has 33 heavy (non-hydrogen) atoms. The van der Waals surface area contributed by atoms with E-state index in [4.69, 9.17) is 4.74 Å².